The first kappa shape index (κ1) is 15.8. The molecule has 20 heavy (non-hydrogen) atoms. The van der Waals surface area contributed by atoms with Gasteiger partial charge in [-0.05, 0) is 32.9 Å². The van der Waals surface area contributed by atoms with Gasteiger partial charge in [-0.1, -0.05) is 0 Å². The Balaban J connectivity index is 2.38. The first-order valence-electron chi connectivity index (χ1n) is 6.11. The number of alkyl carbamates (subject to hydrolysis) is 1. The third kappa shape index (κ3) is 5.57. The van der Waals surface area contributed by atoms with Crippen molar-refractivity contribution in [2.75, 3.05) is 13.2 Å². The normalized spacial score (nSPS) is 10.6. The zero-order chi connectivity index (χ0) is 15.2. The summed E-state index contributed by atoms with van der Waals surface area (Å²) in [6.07, 6.45) is -0.563. The molecule has 1 aromatic rings. The molecule has 0 aliphatic carbocycles. The molecule has 108 valence electrons. The Hall–Kier alpha value is -2.29. The molecular formula is C14H17FN2O3. The second kappa shape index (κ2) is 6.75. The van der Waals surface area contributed by atoms with Gasteiger partial charge in [0.15, 0.2) is 11.6 Å². The molecule has 1 N–H and O–H groups in total. The SMILES string of the molecule is CC(C)(C)OC(=O)NCCOc1cc(C#N)ccc1F. The number of nitrogens with one attached hydrogen (secondary N) is 1. The van der Waals surface area contributed by atoms with Gasteiger partial charge in [-0.2, -0.15) is 5.26 Å². The maximum Gasteiger partial charge on any atom is 0.407 e. The first-order chi connectivity index (χ1) is 9.31. The van der Waals surface area contributed by atoms with Gasteiger partial charge in [0.2, 0.25) is 0 Å². The van der Waals surface area contributed by atoms with E-state index in [4.69, 9.17) is 14.7 Å². The van der Waals surface area contributed by atoms with E-state index in [0.29, 0.717) is 5.56 Å². The van der Waals surface area contributed by atoms with E-state index in [1.807, 2.05) is 6.07 Å². The molecule has 0 aliphatic heterocycles. The lowest BCUT2D eigenvalue weighted by Gasteiger charge is -2.19. The van der Waals surface area contributed by atoms with Crippen molar-refractivity contribution in [3.8, 4) is 11.8 Å². The van der Waals surface area contributed by atoms with Gasteiger partial charge in [0.25, 0.3) is 0 Å². The smallest absolute Gasteiger partial charge is 0.407 e. The summed E-state index contributed by atoms with van der Waals surface area (Å²) in [5.41, 5.74) is -0.264. The van der Waals surface area contributed by atoms with E-state index in [-0.39, 0.29) is 18.9 Å². The average molecular weight is 280 g/mol. The average Bonchev–Trinajstić information content (AvgIpc) is 2.34. The number of ether oxygens (including phenoxy) is 2. The Morgan fingerprint density at radius 2 is 2.15 bits per heavy atom. The van der Waals surface area contributed by atoms with Crippen LogP contribution in [0, 0.1) is 17.1 Å². The molecule has 0 saturated heterocycles. The highest BCUT2D eigenvalue weighted by Gasteiger charge is 2.15. The molecule has 0 radical (unpaired) electrons. The number of halogens is 1. The number of rotatable bonds is 4. The zero-order valence-electron chi connectivity index (χ0n) is 11.7. The van der Waals surface area contributed by atoms with Crippen LogP contribution in [0.1, 0.15) is 26.3 Å². The number of carbonyl (C=O) groups is 1. The van der Waals surface area contributed by atoms with E-state index in [9.17, 15) is 9.18 Å². The molecule has 0 fully saturated rings. The summed E-state index contributed by atoms with van der Waals surface area (Å²) in [7, 11) is 0. The maximum absolute atomic E-state index is 13.4. The number of hydrogen-bond donors (Lipinski definition) is 1. The Morgan fingerprint density at radius 3 is 2.75 bits per heavy atom. The minimum atomic E-state index is -0.571. The van der Waals surface area contributed by atoms with Gasteiger partial charge in [-0.25, -0.2) is 9.18 Å². The molecule has 6 heteroatoms. The van der Waals surface area contributed by atoms with Crippen LogP contribution in [0.15, 0.2) is 18.2 Å². The topological polar surface area (TPSA) is 71.3 Å². The summed E-state index contributed by atoms with van der Waals surface area (Å²) >= 11 is 0. The van der Waals surface area contributed by atoms with Crippen LogP contribution >= 0.6 is 0 Å². The zero-order valence-corrected chi connectivity index (χ0v) is 11.7. The van der Waals surface area contributed by atoms with Crippen molar-refractivity contribution in [3.63, 3.8) is 0 Å². The first-order valence-corrected chi connectivity index (χ1v) is 6.11. The lowest BCUT2D eigenvalue weighted by Crippen LogP contribution is -2.34. The van der Waals surface area contributed by atoms with Gasteiger partial charge in [-0.3, -0.25) is 0 Å². The lowest BCUT2D eigenvalue weighted by molar-refractivity contribution is 0.0520. The number of benzene rings is 1. The van der Waals surface area contributed by atoms with E-state index in [2.05, 4.69) is 5.32 Å². The van der Waals surface area contributed by atoms with Crippen molar-refractivity contribution in [2.45, 2.75) is 26.4 Å². The van der Waals surface area contributed by atoms with Crippen molar-refractivity contribution in [1.29, 1.82) is 5.26 Å². The van der Waals surface area contributed by atoms with Crippen molar-refractivity contribution in [3.05, 3.63) is 29.6 Å². The highest BCUT2D eigenvalue weighted by molar-refractivity contribution is 5.67. The van der Waals surface area contributed by atoms with E-state index < -0.39 is 17.5 Å². The van der Waals surface area contributed by atoms with Crippen LogP contribution in [0.2, 0.25) is 0 Å². The molecule has 1 aromatic carbocycles. The number of nitrogens with zero attached hydrogens (tertiary/aromatic N) is 1. The molecule has 0 saturated carbocycles. The Bertz CT molecular complexity index is 518. The highest BCUT2D eigenvalue weighted by atomic mass is 19.1. The summed E-state index contributed by atoms with van der Waals surface area (Å²) in [6, 6.07) is 5.73. The second-order valence-corrected chi connectivity index (χ2v) is 5.03. The quantitative estimate of drug-likeness (QED) is 0.860. The second-order valence-electron chi connectivity index (χ2n) is 5.03. The molecule has 1 amide bonds. The van der Waals surface area contributed by atoms with Crippen LogP contribution in [0.3, 0.4) is 0 Å². The Morgan fingerprint density at radius 1 is 1.45 bits per heavy atom. The van der Waals surface area contributed by atoms with E-state index >= 15 is 0 Å². The Kier molecular flexibility index (Phi) is 5.32. The lowest BCUT2D eigenvalue weighted by atomic mass is 10.2. The summed E-state index contributed by atoms with van der Waals surface area (Å²) in [6.45, 7) is 5.51. The van der Waals surface area contributed by atoms with Crippen molar-refractivity contribution in [2.24, 2.45) is 0 Å². The van der Waals surface area contributed by atoms with E-state index in [0.717, 1.165) is 6.07 Å². The minimum absolute atomic E-state index is 0.0185. The molecule has 0 bridgehead atoms. The van der Waals surface area contributed by atoms with Crippen molar-refractivity contribution >= 4 is 6.09 Å². The molecule has 0 aliphatic rings. The van der Waals surface area contributed by atoms with E-state index in [1.54, 1.807) is 20.8 Å². The summed E-state index contributed by atoms with van der Waals surface area (Å²) < 4.78 is 23.6. The van der Waals surface area contributed by atoms with Crippen molar-refractivity contribution < 1.29 is 18.7 Å². The van der Waals surface area contributed by atoms with Gasteiger partial charge in [0.05, 0.1) is 18.2 Å². The summed E-state index contributed by atoms with van der Waals surface area (Å²) in [5.74, 6) is -0.573. The van der Waals surface area contributed by atoms with Crippen LogP contribution < -0.4 is 10.1 Å². The number of hydrogen-bond acceptors (Lipinski definition) is 4. The monoisotopic (exact) mass is 280 g/mol. The molecule has 1 rings (SSSR count). The molecule has 0 unspecified atom stereocenters. The van der Waals surface area contributed by atoms with Crippen LogP contribution in [0.5, 0.6) is 5.75 Å². The number of carbonyl (C=O) groups excluding carboxylic acids is 1. The molecule has 0 spiro atoms. The fourth-order valence-electron chi connectivity index (χ4n) is 1.31. The minimum Gasteiger partial charge on any atom is -0.489 e. The van der Waals surface area contributed by atoms with Crippen LogP contribution in [-0.4, -0.2) is 24.8 Å². The molecule has 5 nitrogen and oxygen atoms in total. The third-order valence-corrected chi connectivity index (χ3v) is 2.09. The van der Waals surface area contributed by atoms with Gasteiger partial charge >= 0.3 is 6.09 Å². The Labute approximate surface area is 117 Å². The van der Waals surface area contributed by atoms with Crippen LogP contribution in [-0.2, 0) is 4.74 Å². The third-order valence-electron chi connectivity index (χ3n) is 2.09. The standard InChI is InChI=1S/C14H17FN2O3/c1-14(2,3)20-13(18)17-6-7-19-12-8-10(9-16)4-5-11(12)15/h4-5,8H,6-7H2,1-3H3,(H,17,18). The van der Waals surface area contributed by atoms with Crippen LogP contribution in [0.25, 0.3) is 0 Å². The van der Waals surface area contributed by atoms with Gasteiger partial charge < -0.3 is 14.8 Å². The summed E-state index contributed by atoms with van der Waals surface area (Å²) in [5, 5.41) is 11.2. The van der Waals surface area contributed by atoms with Gasteiger partial charge in [0.1, 0.15) is 12.2 Å². The fraction of sp³-hybridized carbons (Fsp3) is 0.429. The molecule has 0 aromatic heterocycles. The van der Waals surface area contributed by atoms with Crippen LogP contribution in [0.4, 0.5) is 9.18 Å². The molecule has 0 atom stereocenters. The number of amides is 1. The fourth-order valence-corrected chi connectivity index (χ4v) is 1.31. The van der Waals surface area contributed by atoms with E-state index in [1.165, 1.54) is 12.1 Å². The predicted octanol–water partition coefficient (Wildman–Crippen LogP) is 2.60. The van der Waals surface area contributed by atoms with Gasteiger partial charge in [0, 0.05) is 6.07 Å². The summed E-state index contributed by atoms with van der Waals surface area (Å²) in [4.78, 5) is 11.3. The highest BCUT2D eigenvalue weighted by Crippen LogP contribution is 2.18. The number of nitriles is 1. The van der Waals surface area contributed by atoms with Gasteiger partial charge in [-0.15, -0.1) is 0 Å². The molecule has 0 heterocycles. The van der Waals surface area contributed by atoms with Crippen molar-refractivity contribution in [1.82, 2.24) is 5.32 Å². The molecular weight excluding hydrogens is 263 g/mol. The maximum atomic E-state index is 13.4. The largest absolute Gasteiger partial charge is 0.489 e. The predicted molar refractivity (Wildman–Crippen MR) is 70.8 cm³/mol.